The molecule has 0 fully saturated rings. The summed E-state index contributed by atoms with van der Waals surface area (Å²) >= 11 is 0. The molecule has 1 aromatic heterocycles. The number of benzene rings is 3. The fourth-order valence-corrected chi connectivity index (χ4v) is 4.09. The molecule has 1 aliphatic heterocycles. The number of aromatic nitrogens is 1. The molecule has 0 spiro atoms. The lowest BCUT2D eigenvalue weighted by atomic mass is 9.97. The number of nitrogen functional groups attached to an aromatic ring is 1. The molecular formula is C26H20N4O6. The van der Waals surface area contributed by atoms with E-state index in [4.69, 9.17) is 10.2 Å². The number of amides is 3. The quantitative estimate of drug-likeness (QED) is 0.278. The van der Waals surface area contributed by atoms with Crippen molar-refractivity contribution in [3.05, 3.63) is 89.3 Å². The van der Waals surface area contributed by atoms with Crippen LogP contribution in [-0.4, -0.2) is 39.8 Å². The minimum atomic E-state index is -1.26. The minimum absolute atomic E-state index is 0.0388. The highest BCUT2D eigenvalue weighted by molar-refractivity contribution is 6.24. The van der Waals surface area contributed by atoms with Gasteiger partial charge in [0.2, 0.25) is 5.91 Å². The smallest absolute Gasteiger partial charge is 0.326 e. The number of imide groups is 1. The molecule has 10 nitrogen and oxygen atoms in total. The van der Waals surface area contributed by atoms with Crippen LogP contribution in [0.4, 0.5) is 11.4 Å². The van der Waals surface area contributed by atoms with Crippen molar-refractivity contribution < 1.29 is 28.7 Å². The third-order valence-corrected chi connectivity index (χ3v) is 5.88. The van der Waals surface area contributed by atoms with E-state index >= 15 is 0 Å². The van der Waals surface area contributed by atoms with Crippen LogP contribution in [0.15, 0.2) is 71.1 Å². The molecule has 10 heteroatoms. The van der Waals surface area contributed by atoms with Gasteiger partial charge in [0.1, 0.15) is 11.6 Å². The van der Waals surface area contributed by atoms with Crippen LogP contribution in [0.3, 0.4) is 0 Å². The Balaban J connectivity index is 1.31. The van der Waals surface area contributed by atoms with E-state index in [1.54, 1.807) is 66.7 Å². The van der Waals surface area contributed by atoms with Gasteiger partial charge in [0.25, 0.3) is 11.8 Å². The molecular weight excluding hydrogens is 464 g/mol. The van der Waals surface area contributed by atoms with E-state index in [9.17, 15) is 24.3 Å². The second-order valence-electron chi connectivity index (χ2n) is 8.35. The van der Waals surface area contributed by atoms with Crippen molar-refractivity contribution in [2.45, 2.75) is 18.9 Å². The molecule has 1 aliphatic rings. The lowest BCUT2D eigenvalue weighted by molar-refractivity contribution is -0.139. The zero-order valence-electron chi connectivity index (χ0n) is 18.8. The van der Waals surface area contributed by atoms with Gasteiger partial charge in [-0.3, -0.25) is 14.4 Å². The second kappa shape index (κ2) is 8.99. The molecule has 3 amide bonds. The Morgan fingerprint density at radius 3 is 2.56 bits per heavy atom. The van der Waals surface area contributed by atoms with Gasteiger partial charge in [-0.2, -0.15) is 0 Å². The van der Waals surface area contributed by atoms with E-state index in [1.165, 1.54) is 0 Å². The molecule has 5 rings (SSSR count). The molecule has 2 heterocycles. The molecule has 4 aromatic rings. The molecule has 0 saturated heterocycles. The number of fused-ring (bicyclic) bond motifs is 2. The van der Waals surface area contributed by atoms with Crippen molar-refractivity contribution in [2.75, 3.05) is 10.6 Å². The summed E-state index contributed by atoms with van der Waals surface area (Å²) in [4.78, 5) is 55.2. The summed E-state index contributed by atoms with van der Waals surface area (Å²) in [5.74, 6) is -3.08. The maximum absolute atomic E-state index is 13.0. The maximum Gasteiger partial charge on any atom is 0.326 e. The summed E-state index contributed by atoms with van der Waals surface area (Å²) in [6, 6.07) is 16.7. The van der Waals surface area contributed by atoms with Gasteiger partial charge < -0.3 is 20.6 Å². The van der Waals surface area contributed by atoms with Crippen molar-refractivity contribution in [3.8, 4) is 0 Å². The number of aliphatic carboxylic acids is 1. The van der Waals surface area contributed by atoms with Gasteiger partial charge in [0.15, 0.2) is 5.58 Å². The van der Waals surface area contributed by atoms with Crippen LogP contribution < -0.4 is 16.0 Å². The third-order valence-electron chi connectivity index (χ3n) is 5.88. The number of carboxylic acid groups (broad SMARTS) is 1. The first kappa shape index (κ1) is 22.8. The van der Waals surface area contributed by atoms with Crippen LogP contribution in [0.5, 0.6) is 0 Å². The summed E-state index contributed by atoms with van der Waals surface area (Å²) < 4.78 is 5.40. The first-order valence-electron chi connectivity index (χ1n) is 11.0. The number of hydrogen-bond donors (Lipinski definition) is 3. The molecule has 1 unspecified atom stereocenters. The number of hydrogen-bond acceptors (Lipinski definition) is 7. The number of oxazole rings is 1. The van der Waals surface area contributed by atoms with Crippen LogP contribution in [0.1, 0.15) is 32.2 Å². The van der Waals surface area contributed by atoms with Gasteiger partial charge in [-0.05, 0) is 47.5 Å². The Morgan fingerprint density at radius 2 is 1.83 bits per heavy atom. The standard InChI is InChI=1S/C26H20N4O6/c27-16-8-7-15-12-22(31)30(25(33)18(15)13-16)17-9-5-14(6-10-17)11-20(26(34)35)28-23(32)24-29-19-3-1-2-4-21(19)36-24/h1-10,13,20H,11-12,27H2,(H,28,32)(H,34,35). The third kappa shape index (κ3) is 4.27. The zero-order valence-corrected chi connectivity index (χ0v) is 18.8. The van der Waals surface area contributed by atoms with Crippen molar-refractivity contribution in [1.82, 2.24) is 10.3 Å². The Kier molecular flexibility index (Phi) is 5.69. The van der Waals surface area contributed by atoms with Gasteiger partial charge in [-0.1, -0.05) is 30.3 Å². The molecule has 180 valence electrons. The summed E-state index contributed by atoms with van der Waals surface area (Å²) in [5.41, 5.74) is 9.03. The normalized spacial score (nSPS) is 13.9. The molecule has 1 atom stereocenters. The van der Waals surface area contributed by atoms with Gasteiger partial charge >= 0.3 is 11.9 Å². The van der Waals surface area contributed by atoms with Gasteiger partial charge in [-0.25, -0.2) is 14.7 Å². The monoisotopic (exact) mass is 484 g/mol. The van der Waals surface area contributed by atoms with E-state index in [1.807, 2.05) is 0 Å². The first-order valence-corrected chi connectivity index (χ1v) is 11.0. The summed E-state index contributed by atoms with van der Waals surface area (Å²) in [7, 11) is 0. The van der Waals surface area contributed by atoms with Crippen LogP contribution >= 0.6 is 0 Å². The molecule has 4 N–H and O–H groups in total. The lowest BCUT2D eigenvalue weighted by Gasteiger charge is -2.27. The number of carbonyl (C=O) groups excluding carboxylic acids is 3. The van der Waals surface area contributed by atoms with E-state index in [2.05, 4.69) is 10.3 Å². The molecule has 0 aliphatic carbocycles. The van der Waals surface area contributed by atoms with Gasteiger partial charge in [-0.15, -0.1) is 0 Å². The Labute approximate surface area is 204 Å². The minimum Gasteiger partial charge on any atom is -0.480 e. The van der Waals surface area contributed by atoms with Crippen molar-refractivity contribution in [3.63, 3.8) is 0 Å². The lowest BCUT2D eigenvalue weighted by Crippen LogP contribution is -2.43. The maximum atomic E-state index is 13.0. The van der Waals surface area contributed by atoms with E-state index in [0.29, 0.717) is 39.2 Å². The van der Waals surface area contributed by atoms with Gasteiger partial charge in [0.05, 0.1) is 12.1 Å². The average molecular weight is 484 g/mol. The molecule has 0 bridgehead atoms. The predicted octanol–water partition coefficient (Wildman–Crippen LogP) is 2.57. The van der Waals surface area contributed by atoms with E-state index in [-0.39, 0.29) is 24.6 Å². The number of para-hydroxylation sites is 2. The second-order valence-corrected chi connectivity index (χ2v) is 8.35. The SMILES string of the molecule is Nc1ccc2c(c1)C(=O)N(c1ccc(CC(NC(=O)c3nc4ccccc4o3)C(=O)O)cc1)C(=O)C2. The van der Waals surface area contributed by atoms with Gasteiger partial charge in [0, 0.05) is 17.7 Å². The number of nitrogens with one attached hydrogen (secondary N) is 1. The molecule has 0 saturated carbocycles. The summed E-state index contributed by atoms with van der Waals surface area (Å²) in [6.07, 6.45) is 0.0227. The fraction of sp³-hybridized carbons (Fsp3) is 0.115. The summed E-state index contributed by atoms with van der Waals surface area (Å²) in [6.45, 7) is 0. The Morgan fingerprint density at radius 1 is 1.08 bits per heavy atom. The summed E-state index contributed by atoms with van der Waals surface area (Å²) in [5, 5.41) is 12.1. The molecule has 0 radical (unpaired) electrons. The highest BCUT2D eigenvalue weighted by atomic mass is 16.4. The number of nitrogens with two attached hydrogens (primary N) is 1. The van der Waals surface area contributed by atoms with Crippen molar-refractivity contribution >= 4 is 46.2 Å². The van der Waals surface area contributed by atoms with Crippen LogP contribution in [0.2, 0.25) is 0 Å². The fourth-order valence-electron chi connectivity index (χ4n) is 4.09. The Bertz CT molecular complexity index is 1490. The Hall–Kier alpha value is -4.99. The highest BCUT2D eigenvalue weighted by Crippen LogP contribution is 2.27. The topological polar surface area (TPSA) is 156 Å². The van der Waals surface area contributed by atoms with Crippen LogP contribution in [0, 0.1) is 0 Å². The largest absolute Gasteiger partial charge is 0.480 e. The number of anilines is 2. The number of carboxylic acids is 1. The van der Waals surface area contributed by atoms with Crippen LogP contribution in [-0.2, 0) is 22.4 Å². The molecule has 3 aromatic carbocycles. The van der Waals surface area contributed by atoms with Crippen molar-refractivity contribution in [2.24, 2.45) is 0 Å². The first-order chi connectivity index (χ1) is 17.3. The number of carbonyl (C=O) groups is 4. The van der Waals surface area contributed by atoms with Crippen LogP contribution in [0.25, 0.3) is 11.1 Å². The van der Waals surface area contributed by atoms with E-state index < -0.39 is 23.8 Å². The van der Waals surface area contributed by atoms with E-state index in [0.717, 1.165) is 4.90 Å². The zero-order chi connectivity index (χ0) is 25.4. The molecule has 36 heavy (non-hydrogen) atoms. The number of rotatable bonds is 6. The average Bonchev–Trinajstić information content (AvgIpc) is 3.30. The highest BCUT2D eigenvalue weighted by Gasteiger charge is 2.32. The number of nitrogens with zero attached hydrogens (tertiary/aromatic N) is 2. The van der Waals surface area contributed by atoms with Crippen molar-refractivity contribution in [1.29, 1.82) is 0 Å². The predicted molar refractivity (Wildman–Crippen MR) is 129 cm³/mol.